The van der Waals surface area contributed by atoms with Gasteiger partial charge in [0.2, 0.25) is 0 Å². The Morgan fingerprint density at radius 2 is 1.82 bits per heavy atom. The van der Waals surface area contributed by atoms with Crippen molar-refractivity contribution in [1.82, 2.24) is 15.5 Å². The average molecular weight is 380 g/mol. The molecule has 0 radical (unpaired) electrons. The molecule has 148 valence electrons. The number of carbonyl (C=O) groups excluding carboxylic acids is 1. The molecule has 2 aliphatic rings. The molecule has 1 amide bonds. The van der Waals surface area contributed by atoms with E-state index in [2.05, 4.69) is 15.5 Å². The number of benzene rings is 2. The van der Waals surface area contributed by atoms with E-state index in [1.165, 1.54) is 18.4 Å². The van der Waals surface area contributed by atoms with Gasteiger partial charge in [0.05, 0.1) is 11.6 Å². The summed E-state index contributed by atoms with van der Waals surface area (Å²) in [7, 11) is 0. The highest BCUT2D eigenvalue weighted by Gasteiger charge is 2.42. The maximum Gasteiger partial charge on any atom is 0.252 e. The normalized spacial score (nSPS) is 25.5. The van der Waals surface area contributed by atoms with Crippen LogP contribution in [0.1, 0.15) is 40.7 Å². The highest BCUT2D eigenvalue weighted by Crippen LogP contribution is 2.31. The lowest BCUT2D eigenvalue weighted by Gasteiger charge is -2.43. The predicted octanol–water partition coefficient (Wildman–Crippen LogP) is 2.26. The van der Waals surface area contributed by atoms with Gasteiger partial charge in [-0.1, -0.05) is 42.5 Å². The van der Waals surface area contributed by atoms with Crippen LogP contribution in [0.5, 0.6) is 0 Å². The molecule has 4 rings (SSSR count). The fraction of sp³-hybridized carbons (Fsp3) is 0.435. The van der Waals surface area contributed by atoms with Gasteiger partial charge >= 0.3 is 0 Å². The maximum atomic E-state index is 13.0. The van der Waals surface area contributed by atoms with E-state index >= 15 is 0 Å². The molecule has 0 aliphatic carbocycles. The summed E-state index contributed by atoms with van der Waals surface area (Å²) < 4.78 is 0. The van der Waals surface area contributed by atoms with Gasteiger partial charge in [-0.25, -0.2) is 0 Å². The Bertz CT molecular complexity index is 787. The van der Waals surface area contributed by atoms with Crippen molar-refractivity contribution in [2.24, 2.45) is 0 Å². The number of hydrogen-bond acceptors (Lipinski definition) is 4. The molecular weight excluding hydrogens is 350 g/mol. The lowest BCUT2D eigenvalue weighted by molar-refractivity contribution is 0.0289. The molecule has 0 spiro atoms. The minimum Gasteiger partial charge on any atom is -0.389 e. The molecule has 0 aromatic heterocycles. The molecule has 2 heterocycles. The van der Waals surface area contributed by atoms with Gasteiger partial charge in [0.15, 0.2) is 0 Å². The first-order valence-corrected chi connectivity index (χ1v) is 10.3. The Labute approximate surface area is 166 Å². The van der Waals surface area contributed by atoms with E-state index in [-0.39, 0.29) is 5.91 Å². The van der Waals surface area contributed by atoms with Crippen LogP contribution in [-0.2, 0) is 12.1 Å². The van der Waals surface area contributed by atoms with Gasteiger partial charge in [0, 0.05) is 18.7 Å². The molecule has 0 unspecified atom stereocenters. The molecule has 0 saturated carbocycles. The summed E-state index contributed by atoms with van der Waals surface area (Å²) in [6.45, 7) is 4.48. The third-order valence-electron chi connectivity index (χ3n) is 6.05. The van der Waals surface area contributed by atoms with Gasteiger partial charge < -0.3 is 15.7 Å². The van der Waals surface area contributed by atoms with Gasteiger partial charge in [-0.05, 0) is 62.2 Å². The number of nitrogens with zero attached hydrogens (tertiary/aromatic N) is 1. The van der Waals surface area contributed by atoms with Crippen LogP contribution in [0, 0.1) is 0 Å². The average Bonchev–Trinajstić information content (AvgIpc) is 3.24. The first-order chi connectivity index (χ1) is 13.7. The van der Waals surface area contributed by atoms with E-state index in [0.717, 1.165) is 31.7 Å². The van der Waals surface area contributed by atoms with E-state index < -0.39 is 11.6 Å². The summed E-state index contributed by atoms with van der Waals surface area (Å²) >= 11 is 0. The molecule has 2 aliphatic heterocycles. The van der Waals surface area contributed by atoms with Crippen molar-refractivity contribution < 1.29 is 9.90 Å². The Morgan fingerprint density at radius 1 is 1.11 bits per heavy atom. The van der Waals surface area contributed by atoms with E-state index in [4.69, 9.17) is 0 Å². The van der Waals surface area contributed by atoms with Crippen LogP contribution in [0.2, 0.25) is 0 Å². The largest absolute Gasteiger partial charge is 0.389 e. The highest BCUT2D eigenvalue weighted by molar-refractivity contribution is 5.94. The summed E-state index contributed by atoms with van der Waals surface area (Å²) in [6, 6.07) is 17.7. The first-order valence-electron chi connectivity index (χ1n) is 10.3. The quantitative estimate of drug-likeness (QED) is 0.746. The Morgan fingerprint density at radius 3 is 2.50 bits per heavy atom. The fourth-order valence-electron chi connectivity index (χ4n) is 4.39. The second kappa shape index (κ2) is 8.43. The molecule has 0 bridgehead atoms. The van der Waals surface area contributed by atoms with Crippen LogP contribution in [-0.4, -0.2) is 48.2 Å². The summed E-state index contributed by atoms with van der Waals surface area (Å²) in [6.07, 6.45) is 2.53. The number of β-amino-alcohol motifs (C(OH)–C–C–N with tert-alkyl or cyclic N) is 1. The lowest BCUT2D eigenvalue weighted by Crippen LogP contribution is -2.61. The molecule has 5 nitrogen and oxygen atoms in total. The zero-order valence-electron chi connectivity index (χ0n) is 16.2. The summed E-state index contributed by atoms with van der Waals surface area (Å²) in [5, 5.41) is 17.2. The Balaban J connectivity index is 1.51. The fourth-order valence-corrected chi connectivity index (χ4v) is 4.39. The van der Waals surface area contributed by atoms with Crippen LogP contribution >= 0.6 is 0 Å². The van der Waals surface area contributed by atoms with Crippen molar-refractivity contribution in [2.45, 2.75) is 37.5 Å². The third kappa shape index (κ3) is 3.97. The van der Waals surface area contributed by atoms with Crippen LogP contribution < -0.4 is 10.6 Å². The molecule has 2 aromatic carbocycles. The van der Waals surface area contributed by atoms with Crippen LogP contribution in [0.15, 0.2) is 54.6 Å². The number of aliphatic hydroxyl groups is 1. The van der Waals surface area contributed by atoms with Crippen molar-refractivity contribution in [3.63, 3.8) is 0 Å². The van der Waals surface area contributed by atoms with Gasteiger partial charge in [0.25, 0.3) is 5.91 Å². The molecule has 2 atom stereocenters. The predicted molar refractivity (Wildman–Crippen MR) is 110 cm³/mol. The molecular formula is C23H29N3O2. The molecule has 2 fully saturated rings. The van der Waals surface area contributed by atoms with Crippen molar-refractivity contribution in [1.29, 1.82) is 0 Å². The van der Waals surface area contributed by atoms with Gasteiger partial charge in [-0.2, -0.15) is 0 Å². The summed E-state index contributed by atoms with van der Waals surface area (Å²) in [5.41, 5.74) is 2.05. The molecule has 28 heavy (non-hydrogen) atoms. The van der Waals surface area contributed by atoms with Crippen LogP contribution in [0.3, 0.4) is 0 Å². The van der Waals surface area contributed by atoms with Crippen molar-refractivity contribution in [3.8, 4) is 0 Å². The molecule has 2 aromatic rings. The standard InChI is InChI=1S/C23H29N3O2/c27-21-16-24-13-12-23(21,20-6-2-1-3-7-20)25-22(28)19-10-8-18(9-11-19)17-26-14-4-5-15-26/h1-3,6-11,21,24,27H,4-5,12-17H2,(H,25,28)/t21-,23+/m1/s1. The summed E-state index contributed by atoms with van der Waals surface area (Å²) in [4.78, 5) is 15.5. The number of amides is 1. The van der Waals surface area contributed by atoms with Crippen LogP contribution in [0.4, 0.5) is 0 Å². The number of hydrogen-bond donors (Lipinski definition) is 3. The van der Waals surface area contributed by atoms with Gasteiger partial charge in [-0.3, -0.25) is 9.69 Å². The summed E-state index contributed by atoms with van der Waals surface area (Å²) in [5.74, 6) is -0.141. The van der Waals surface area contributed by atoms with E-state index in [1.807, 2.05) is 54.6 Å². The molecule has 3 N–H and O–H groups in total. The third-order valence-corrected chi connectivity index (χ3v) is 6.05. The minimum atomic E-state index is -0.766. The highest BCUT2D eigenvalue weighted by atomic mass is 16.3. The first kappa shape index (κ1) is 19.1. The zero-order chi connectivity index (χ0) is 19.4. The van der Waals surface area contributed by atoms with Crippen molar-refractivity contribution in [2.75, 3.05) is 26.2 Å². The topological polar surface area (TPSA) is 64.6 Å². The van der Waals surface area contributed by atoms with E-state index in [1.54, 1.807) is 0 Å². The molecule has 2 saturated heterocycles. The lowest BCUT2D eigenvalue weighted by atomic mass is 9.79. The zero-order valence-corrected chi connectivity index (χ0v) is 16.2. The van der Waals surface area contributed by atoms with Gasteiger partial charge in [-0.15, -0.1) is 0 Å². The van der Waals surface area contributed by atoms with Crippen molar-refractivity contribution in [3.05, 3.63) is 71.3 Å². The number of rotatable bonds is 5. The minimum absolute atomic E-state index is 0.141. The Hall–Kier alpha value is -2.21. The van der Waals surface area contributed by atoms with Gasteiger partial charge in [0.1, 0.15) is 0 Å². The second-order valence-electron chi connectivity index (χ2n) is 7.94. The smallest absolute Gasteiger partial charge is 0.252 e. The van der Waals surface area contributed by atoms with Crippen LogP contribution in [0.25, 0.3) is 0 Å². The van der Waals surface area contributed by atoms with Crippen molar-refractivity contribution >= 4 is 5.91 Å². The number of aliphatic hydroxyl groups excluding tert-OH is 1. The molecule has 5 heteroatoms. The second-order valence-corrected chi connectivity index (χ2v) is 7.94. The number of piperidine rings is 1. The monoisotopic (exact) mass is 379 g/mol. The van der Waals surface area contributed by atoms with E-state index in [0.29, 0.717) is 18.5 Å². The SMILES string of the molecule is O=C(N[C@]1(c2ccccc2)CCNC[C@H]1O)c1ccc(CN2CCCC2)cc1. The van der Waals surface area contributed by atoms with E-state index in [9.17, 15) is 9.90 Å². The number of carbonyl (C=O) groups is 1. The number of nitrogens with one attached hydrogen (secondary N) is 2. The maximum absolute atomic E-state index is 13.0. The Kier molecular flexibility index (Phi) is 5.76. The number of likely N-dealkylation sites (tertiary alicyclic amines) is 1.